The van der Waals surface area contributed by atoms with Crippen LogP contribution in [-0.2, 0) is 0 Å². The number of pyridine rings is 1. The number of hydrogen-bond acceptors (Lipinski definition) is 5. The van der Waals surface area contributed by atoms with Gasteiger partial charge in [0, 0.05) is 35.3 Å². The van der Waals surface area contributed by atoms with Crippen molar-refractivity contribution in [3.8, 4) is 11.3 Å². The lowest BCUT2D eigenvalue weighted by molar-refractivity contribution is -0.384. The van der Waals surface area contributed by atoms with Gasteiger partial charge in [0.1, 0.15) is 0 Å². The predicted octanol–water partition coefficient (Wildman–Crippen LogP) is 4.33. The Morgan fingerprint density at radius 1 is 1.29 bits per heavy atom. The van der Waals surface area contributed by atoms with E-state index >= 15 is 0 Å². The summed E-state index contributed by atoms with van der Waals surface area (Å²) in [4.78, 5) is 20.2. The lowest BCUT2D eigenvalue weighted by atomic mass is 10.1. The molecular formula is C17H16N4O2S. The van der Waals surface area contributed by atoms with Gasteiger partial charge in [0.15, 0.2) is 4.80 Å². The summed E-state index contributed by atoms with van der Waals surface area (Å²) in [6.45, 7) is 4.13. The third-order valence-corrected chi connectivity index (χ3v) is 4.32. The van der Waals surface area contributed by atoms with E-state index in [9.17, 15) is 10.1 Å². The van der Waals surface area contributed by atoms with Crippen molar-refractivity contribution >= 4 is 22.7 Å². The molecule has 0 aliphatic rings. The molecule has 0 saturated heterocycles. The summed E-state index contributed by atoms with van der Waals surface area (Å²) in [7, 11) is 0. The van der Waals surface area contributed by atoms with E-state index in [-0.39, 0.29) is 16.7 Å². The molecule has 6 nitrogen and oxygen atoms in total. The zero-order valence-electron chi connectivity index (χ0n) is 13.3. The van der Waals surface area contributed by atoms with Crippen LogP contribution in [-0.4, -0.2) is 14.5 Å². The number of rotatable bonds is 4. The number of nitrogens with zero attached hydrogens (tertiary/aromatic N) is 4. The van der Waals surface area contributed by atoms with Gasteiger partial charge < -0.3 is 4.57 Å². The molecular weight excluding hydrogens is 324 g/mol. The highest BCUT2D eigenvalue weighted by Gasteiger charge is 2.14. The second-order valence-electron chi connectivity index (χ2n) is 5.50. The molecule has 1 aromatic carbocycles. The fourth-order valence-corrected chi connectivity index (χ4v) is 3.47. The average molecular weight is 340 g/mol. The number of benzene rings is 1. The molecule has 2 heterocycles. The smallest absolute Gasteiger partial charge is 0.270 e. The Balaban J connectivity index is 2.15. The van der Waals surface area contributed by atoms with E-state index in [1.807, 2.05) is 23.6 Å². The summed E-state index contributed by atoms with van der Waals surface area (Å²) in [6.07, 6.45) is 3.41. The van der Waals surface area contributed by atoms with Gasteiger partial charge in [-0.2, -0.15) is 0 Å². The van der Waals surface area contributed by atoms with E-state index in [1.54, 1.807) is 24.5 Å². The Labute approximate surface area is 142 Å². The summed E-state index contributed by atoms with van der Waals surface area (Å²) in [5.41, 5.74) is 2.59. The maximum atomic E-state index is 11.0. The molecule has 0 radical (unpaired) electrons. The van der Waals surface area contributed by atoms with Crippen LogP contribution in [0.25, 0.3) is 11.3 Å². The van der Waals surface area contributed by atoms with Crippen LogP contribution in [0.2, 0.25) is 0 Å². The largest absolute Gasteiger partial charge is 0.314 e. The number of thiazole rings is 1. The highest BCUT2D eigenvalue weighted by molar-refractivity contribution is 7.07. The molecule has 7 heteroatoms. The second-order valence-corrected chi connectivity index (χ2v) is 6.33. The minimum absolute atomic E-state index is 0.0831. The van der Waals surface area contributed by atoms with Gasteiger partial charge in [0.05, 0.1) is 22.5 Å². The first-order valence-electron chi connectivity index (χ1n) is 7.46. The summed E-state index contributed by atoms with van der Waals surface area (Å²) in [5.74, 6) is 0. The predicted molar refractivity (Wildman–Crippen MR) is 94.2 cm³/mol. The molecule has 0 saturated carbocycles. The van der Waals surface area contributed by atoms with E-state index in [0.717, 1.165) is 21.7 Å². The molecule has 0 atom stereocenters. The van der Waals surface area contributed by atoms with Gasteiger partial charge in [0.2, 0.25) is 0 Å². The van der Waals surface area contributed by atoms with Crippen molar-refractivity contribution in [2.24, 2.45) is 4.99 Å². The Hall–Kier alpha value is -2.80. The summed E-state index contributed by atoms with van der Waals surface area (Å²) < 4.78 is 2.08. The van der Waals surface area contributed by atoms with Crippen molar-refractivity contribution in [3.63, 3.8) is 0 Å². The van der Waals surface area contributed by atoms with Gasteiger partial charge in [-0.05, 0) is 26.0 Å². The molecule has 0 aliphatic carbocycles. The molecule has 0 aliphatic heterocycles. The highest BCUT2D eigenvalue weighted by Crippen LogP contribution is 2.26. The van der Waals surface area contributed by atoms with E-state index in [4.69, 9.17) is 0 Å². The Bertz CT molecular complexity index is 929. The lowest BCUT2D eigenvalue weighted by Gasteiger charge is -2.12. The number of aromatic nitrogens is 2. The first kappa shape index (κ1) is 16.1. The number of hydrogen-bond donors (Lipinski definition) is 0. The average Bonchev–Trinajstić information content (AvgIpc) is 2.99. The summed E-state index contributed by atoms with van der Waals surface area (Å²) >= 11 is 1.51. The van der Waals surface area contributed by atoms with Crippen molar-refractivity contribution in [2.75, 3.05) is 0 Å². The fourth-order valence-electron chi connectivity index (χ4n) is 2.42. The van der Waals surface area contributed by atoms with Crippen LogP contribution in [0.4, 0.5) is 11.4 Å². The van der Waals surface area contributed by atoms with Crippen molar-refractivity contribution in [1.29, 1.82) is 0 Å². The Morgan fingerprint density at radius 3 is 2.79 bits per heavy atom. The molecule has 0 spiro atoms. The lowest BCUT2D eigenvalue weighted by Crippen LogP contribution is -2.17. The van der Waals surface area contributed by atoms with Gasteiger partial charge in [-0.1, -0.05) is 12.1 Å². The molecule has 0 amide bonds. The zero-order valence-corrected chi connectivity index (χ0v) is 14.1. The number of nitro groups is 1. The van der Waals surface area contributed by atoms with E-state index in [1.165, 1.54) is 17.4 Å². The van der Waals surface area contributed by atoms with Crippen molar-refractivity contribution in [2.45, 2.75) is 19.9 Å². The van der Waals surface area contributed by atoms with Crippen molar-refractivity contribution < 1.29 is 4.92 Å². The molecule has 3 aromatic rings. The quantitative estimate of drug-likeness (QED) is 0.524. The highest BCUT2D eigenvalue weighted by atomic mass is 32.1. The van der Waals surface area contributed by atoms with Gasteiger partial charge >= 0.3 is 0 Å². The standard InChI is InChI=1S/C17H16N4O2S/c1-12(2)20-16(13-5-3-7-15(9-13)21(22)23)11-24-17(20)19-14-6-4-8-18-10-14/h3-12H,1-2H3. The third-order valence-electron chi connectivity index (χ3n) is 3.48. The van der Waals surface area contributed by atoms with E-state index in [0.29, 0.717) is 0 Å². The zero-order chi connectivity index (χ0) is 17.1. The monoisotopic (exact) mass is 340 g/mol. The first-order valence-corrected chi connectivity index (χ1v) is 8.34. The maximum absolute atomic E-state index is 11.0. The Morgan fingerprint density at radius 2 is 2.12 bits per heavy atom. The Kier molecular flexibility index (Phi) is 4.52. The normalized spacial score (nSPS) is 11.9. The maximum Gasteiger partial charge on any atom is 0.270 e. The van der Waals surface area contributed by atoms with Crippen LogP contribution in [0.1, 0.15) is 19.9 Å². The first-order chi connectivity index (χ1) is 11.6. The minimum atomic E-state index is -0.378. The summed E-state index contributed by atoms with van der Waals surface area (Å²) in [6, 6.07) is 10.6. The molecule has 2 aromatic heterocycles. The van der Waals surface area contributed by atoms with Crippen LogP contribution >= 0.6 is 11.3 Å². The summed E-state index contributed by atoms with van der Waals surface area (Å²) in [5, 5.41) is 13.0. The molecule has 0 N–H and O–H groups in total. The molecule has 0 fully saturated rings. The van der Waals surface area contributed by atoms with Crippen LogP contribution < -0.4 is 4.80 Å². The number of non-ortho nitro benzene ring substituents is 1. The van der Waals surface area contributed by atoms with Gasteiger partial charge in [-0.15, -0.1) is 11.3 Å². The van der Waals surface area contributed by atoms with Gasteiger partial charge in [-0.25, -0.2) is 4.99 Å². The minimum Gasteiger partial charge on any atom is -0.314 e. The van der Waals surface area contributed by atoms with E-state index < -0.39 is 0 Å². The fraction of sp³-hybridized carbons (Fsp3) is 0.176. The van der Waals surface area contributed by atoms with Crippen LogP contribution in [0.5, 0.6) is 0 Å². The van der Waals surface area contributed by atoms with Crippen molar-refractivity contribution in [3.05, 3.63) is 69.1 Å². The van der Waals surface area contributed by atoms with E-state index in [2.05, 4.69) is 28.4 Å². The van der Waals surface area contributed by atoms with Gasteiger partial charge in [-0.3, -0.25) is 15.1 Å². The topological polar surface area (TPSA) is 73.3 Å². The third kappa shape index (κ3) is 3.26. The SMILES string of the molecule is CC(C)n1c(-c2cccc([N+](=O)[O-])c2)csc1=Nc1cccnc1. The van der Waals surface area contributed by atoms with Crippen molar-refractivity contribution in [1.82, 2.24) is 9.55 Å². The van der Waals surface area contributed by atoms with Crippen LogP contribution in [0.3, 0.4) is 0 Å². The molecule has 122 valence electrons. The molecule has 0 unspecified atom stereocenters. The molecule has 3 rings (SSSR count). The molecule has 24 heavy (non-hydrogen) atoms. The van der Waals surface area contributed by atoms with Gasteiger partial charge in [0.25, 0.3) is 5.69 Å². The van der Waals surface area contributed by atoms with Crippen LogP contribution in [0, 0.1) is 10.1 Å². The second kappa shape index (κ2) is 6.76. The molecule has 0 bridgehead atoms. The number of nitro benzene ring substituents is 1. The van der Waals surface area contributed by atoms with Crippen LogP contribution in [0.15, 0.2) is 59.2 Å².